The van der Waals surface area contributed by atoms with Crippen molar-refractivity contribution in [3.8, 4) is 0 Å². The molecule has 0 spiro atoms. The average molecular weight is 255 g/mol. The first kappa shape index (κ1) is 14.7. The molecule has 2 N–H and O–H groups in total. The first-order chi connectivity index (χ1) is 7.80. The molecule has 0 aliphatic carbocycles. The predicted octanol–water partition coefficient (Wildman–Crippen LogP) is 1.25. The summed E-state index contributed by atoms with van der Waals surface area (Å²) in [6.07, 6.45) is -3.46. The smallest absolute Gasteiger partial charge is 0.393 e. The van der Waals surface area contributed by atoms with Gasteiger partial charge in [0, 0.05) is 18.5 Å². The zero-order valence-corrected chi connectivity index (χ0v) is 10.0. The maximum atomic E-state index is 12.6. The lowest BCUT2D eigenvalue weighted by molar-refractivity contribution is -0.188. The number of hydrogen-bond acceptors (Lipinski definition) is 3. The number of halogens is 3. The van der Waals surface area contributed by atoms with Crippen LogP contribution in [0.4, 0.5) is 13.2 Å². The Labute approximate surface area is 99.2 Å². The van der Waals surface area contributed by atoms with Crippen LogP contribution in [0, 0.1) is 11.3 Å². The maximum Gasteiger partial charge on any atom is 0.393 e. The van der Waals surface area contributed by atoms with Crippen LogP contribution in [-0.4, -0.2) is 54.1 Å². The highest BCUT2D eigenvalue weighted by Gasteiger charge is 2.42. The van der Waals surface area contributed by atoms with E-state index >= 15 is 0 Å². The van der Waals surface area contributed by atoms with E-state index in [9.17, 15) is 13.2 Å². The van der Waals surface area contributed by atoms with Gasteiger partial charge in [-0.15, -0.1) is 0 Å². The molecule has 0 saturated carbocycles. The van der Waals surface area contributed by atoms with E-state index in [0.717, 1.165) is 0 Å². The topological polar surface area (TPSA) is 43.7 Å². The molecular formula is C11H20F3NO2. The molecule has 102 valence electrons. The van der Waals surface area contributed by atoms with Crippen molar-refractivity contribution in [1.29, 1.82) is 0 Å². The minimum Gasteiger partial charge on any atom is -0.396 e. The molecule has 0 aromatic heterocycles. The van der Waals surface area contributed by atoms with Crippen molar-refractivity contribution in [2.45, 2.75) is 25.9 Å². The minimum absolute atomic E-state index is 0.0287. The van der Waals surface area contributed by atoms with Gasteiger partial charge >= 0.3 is 6.18 Å². The van der Waals surface area contributed by atoms with Crippen molar-refractivity contribution in [1.82, 2.24) is 4.90 Å². The number of aliphatic hydroxyl groups excluding tert-OH is 2. The molecule has 1 unspecified atom stereocenters. The van der Waals surface area contributed by atoms with Crippen LogP contribution < -0.4 is 0 Å². The number of aliphatic hydroxyl groups is 2. The second-order valence-electron chi connectivity index (χ2n) is 5.24. The third kappa shape index (κ3) is 4.12. The van der Waals surface area contributed by atoms with Crippen molar-refractivity contribution < 1.29 is 23.4 Å². The number of hydrogen-bond donors (Lipinski definition) is 2. The van der Waals surface area contributed by atoms with Crippen molar-refractivity contribution in [3.05, 3.63) is 0 Å². The predicted molar refractivity (Wildman–Crippen MR) is 57.5 cm³/mol. The van der Waals surface area contributed by atoms with Crippen molar-refractivity contribution in [2.24, 2.45) is 11.3 Å². The van der Waals surface area contributed by atoms with Crippen LogP contribution in [0.25, 0.3) is 0 Å². The van der Waals surface area contributed by atoms with Crippen LogP contribution in [0.15, 0.2) is 0 Å². The molecule has 3 nitrogen and oxygen atoms in total. The van der Waals surface area contributed by atoms with Gasteiger partial charge in [0.1, 0.15) is 0 Å². The lowest BCUT2D eigenvalue weighted by atomic mass is 9.89. The molecule has 1 aliphatic heterocycles. The lowest BCUT2D eigenvalue weighted by Crippen LogP contribution is -2.47. The second kappa shape index (κ2) is 5.54. The van der Waals surface area contributed by atoms with Crippen molar-refractivity contribution >= 4 is 0 Å². The summed E-state index contributed by atoms with van der Waals surface area (Å²) in [4.78, 5) is 1.69. The summed E-state index contributed by atoms with van der Waals surface area (Å²) < 4.78 is 37.8. The molecule has 1 atom stereocenters. The molecule has 0 amide bonds. The van der Waals surface area contributed by atoms with E-state index < -0.39 is 17.5 Å². The van der Waals surface area contributed by atoms with Gasteiger partial charge in [-0.2, -0.15) is 13.2 Å². The molecule has 0 radical (unpaired) electrons. The summed E-state index contributed by atoms with van der Waals surface area (Å²) >= 11 is 0. The van der Waals surface area contributed by atoms with E-state index in [4.69, 9.17) is 10.2 Å². The van der Waals surface area contributed by atoms with E-state index in [2.05, 4.69) is 0 Å². The summed E-state index contributed by atoms with van der Waals surface area (Å²) in [6, 6.07) is 0. The third-order valence-electron chi connectivity index (χ3n) is 3.34. The fraction of sp³-hybridized carbons (Fsp3) is 1.00. The van der Waals surface area contributed by atoms with E-state index in [1.54, 1.807) is 11.8 Å². The average Bonchev–Trinajstić information content (AvgIpc) is 2.28. The monoisotopic (exact) mass is 255 g/mol. The molecule has 0 aromatic carbocycles. The number of rotatable bonds is 4. The number of nitrogens with zero attached hydrogens (tertiary/aromatic N) is 1. The highest BCUT2D eigenvalue weighted by Crippen LogP contribution is 2.34. The summed E-state index contributed by atoms with van der Waals surface area (Å²) in [5.74, 6) is -1.28. The molecule has 6 heteroatoms. The van der Waals surface area contributed by atoms with Gasteiger partial charge < -0.3 is 15.1 Å². The molecule has 17 heavy (non-hydrogen) atoms. The summed E-state index contributed by atoms with van der Waals surface area (Å²) in [6.45, 7) is 2.09. The third-order valence-corrected chi connectivity index (χ3v) is 3.34. The quantitative estimate of drug-likeness (QED) is 0.794. The van der Waals surface area contributed by atoms with Gasteiger partial charge in [-0.1, -0.05) is 6.92 Å². The summed E-state index contributed by atoms with van der Waals surface area (Å²) in [7, 11) is 0. The van der Waals surface area contributed by atoms with Crippen LogP contribution >= 0.6 is 0 Å². The Kier molecular flexibility index (Phi) is 4.80. The molecule has 1 rings (SSSR count). The van der Waals surface area contributed by atoms with E-state index in [0.29, 0.717) is 19.5 Å². The lowest BCUT2D eigenvalue weighted by Gasteiger charge is -2.38. The minimum atomic E-state index is -4.15. The van der Waals surface area contributed by atoms with Crippen molar-refractivity contribution in [2.75, 3.05) is 32.8 Å². The zero-order chi connectivity index (χ0) is 13.1. The highest BCUT2D eigenvalue weighted by molar-refractivity contribution is 4.83. The van der Waals surface area contributed by atoms with E-state index in [1.807, 2.05) is 0 Å². The van der Waals surface area contributed by atoms with Gasteiger partial charge in [0.15, 0.2) is 0 Å². The van der Waals surface area contributed by atoms with Gasteiger partial charge in [-0.3, -0.25) is 0 Å². The highest BCUT2D eigenvalue weighted by atomic mass is 19.4. The second-order valence-corrected chi connectivity index (χ2v) is 5.24. The molecule has 1 saturated heterocycles. The largest absolute Gasteiger partial charge is 0.396 e. The molecule has 1 heterocycles. The van der Waals surface area contributed by atoms with E-state index in [-0.39, 0.29) is 26.2 Å². The Morgan fingerprint density at radius 1 is 1.24 bits per heavy atom. The standard InChI is InChI=1S/C11H20F3NO2/c1-10(7-16,8-17)6-15-4-2-3-9(5-15)11(12,13)14/h9,16-17H,2-8H2,1H3. The normalized spacial score (nSPS) is 24.0. The Morgan fingerprint density at radius 2 is 1.82 bits per heavy atom. The molecular weight excluding hydrogens is 235 g/mol. The Hall–Kier alpha value is -0.330. The van der Waals surface area contributed by atoms with Crippen molar-refractivity contribution in [3.63, 3.8) is 0 Å². The zero-order valence-electron chi connectivity index (χ0n) is 10.0. The van der Waals surface area contributed by atoms with Gasteiger partial charge in [-0.25, -0.2) is 0 Å². The molecule has 1 aliphatic rings. The molecule has 1 fully saturated rings. The Morgan fingerprint density at radius 3 is 2.29 bits per heavy atom. The van der Waals surface area contributed by atoms with Crippen LogP contribution in [0.2, 0.25) is 0 Å². The van der Waals surface area contributed by atoms with Crippen LogP contribution in [0.1, 0.15) is 19.8 Å². The van der Waals surface area contributed by atoms with Crippen LogP contribution in [0.3, 0.4) is 0 Å². The molecule has 0 aromatic rings. The van der Waals surface area contributed by atoms with Gasteiger partial charge in [-0.05, 0) is 19.4 Å². The first-order valence-corrected chi connectivity index (χ1v) is 5.81. The summed E-state index contributed by atoms with van der Waals surface area (Å²) in [5.41, 5.74) is -0.729. The van der Waals surface area contributed by atoms with Gasteiger partial charge in [0.05, 0.1) is 19.1 Å². The fourth-order valence-electron chi connectivity index (χ4n) is 2.16. The van der Waals surface area contributed by atoms with Gasteiger partial charge in [0.25, 0.3) is 0 Å². The van der Waals surface area contributed by atoms with E-state index in [1.165, 1.54) is 0 Å². The Balaban J connectivity index is 2.56. The summed E-state index contributed by atoms with van der Waals surface area (Å²) in [5, 5.41) is 18.3. The van der Waals surface area contributed by atoms with Crippen LogP contribution in [0.5, 0.6) is 0 Å². The number of likely N-dealkylation sites (tertiary alicyclic amines) is 1. The SMILES string of the molecule is CC(CO)(CO)CN1CCCC(C(F)(F)F)C1. The number of alkyl halides is 3. The Bertz CT molecular complexity index is 241. The first-order valence-electron chi connectivity index (χ1n) is 5.81. The fourth-order valence-corrected chi connectivity index (χ4v) is 2.16. The number of piperidine rings is 1. The maximum absolute atomic E-state index is 12.6. The van der Waals surface area contributed by atoms with Gasteiger partial charge in [0.2, 0.25) is 0 Å². The van der Waals surface area contributed by atoms with Crippen LogP contribution in [-0.2, 0) is 0 Å². The molecule has 0 bridgehead atoms.